The first kappa shape index (κ1) is 22.7. The highest BCUT2D eigenvalue weighted by molar-refractivity contribution is 7.99. The Bertz CT molecular complexity index is 887. The number of benzene rings is 1. The van der Waals surface area contributed by atoms with Gasteiger partial charge in [-0.15, -0.1) is 10.2 Å². The molecular formula is C18H22ClN5O4S. The lowest BCUT2D eigenvalue weighted by molar-refractivity contribution is -0.124. The van der Waals surface area contributed by atoms with Crippen LogP contribution >= 0.6 is 23.4 Å². The van der Waals surface area contributed by atoms with Gasteiger partial charge in [-0.25, -0.2) is 4.79 Å². The molecule has 0 radical (unpaired) electrons. The molecule has 2 aromatic rings. The molecule has 0 aliphatic heterocycles. The summed E-state index contributed by atoms with van der Waals surface area (Å²) in [5.41, 5.74) is 0.303. The fourth-order valence-electron chi connectivity index (χ4n) is 2.10. The Morgan fingerprint density at radius 3 is 2.69 bits per heavy atom. The van der Waals surface area contributed by atoms with Gasteiger partial charge in [0.15, 0.2) is 11.8 Å². The van der Waals surface area contributed by atoms with Crippen LogP contribution in [0.1, 0.15) is 24.2 Å². The van der Waals surface area contributed by atoms with Crippen LogP contribution < -0.4 is 10.6 Å². The van der Waals surface area contributed by atoms with Crippen molar-refractivity contribution in [2.75, 3.05) is 24.2 Å². The van der Waals surface area contributed by atoms with Crippen LogP contribution in [0.4, 0.5) is 5.69 Å². The van der Waals surface area contributed by atoms with Crippen molar-refractivity contribution in [3.63, 3.8) is 0 Å². The van der Waals surface area contributed by atoms with Crippen LogP contribution in [0.25, 0.3) is 0 Å². The Kier molecular flexibility index (Phi) is 8.47. The second-order valence-electron chi connectivity index (χ2n) is 6.53. The fourth-order valence-corrected chi connectivity index (χ4v) is 2.96. The van der Waals surface area contributed by atoms with Crippen molar-refractivity contribution in [3.05, 3.63) is 35.1 Å². The highest BCUT2D eigenvalue weighted by atomic mass is 35.5. The molecule has 1 heterocycles. The number of carbonyl (C=O) groups excluding carboxylic acids is 3. The number of rotatable bonds is 9. The summed E-state index contributed by atoms with van der Waals surface area (Å²) in [4.78, 5) is 36.4. The number of aryl methyl sites for hydroxylation is 1. The minimum absolute atomic E-state index is 0.0607. The van der Waals surface area contributed by atoms with Gasteiger partial charge in [0.25, 0.3) is 5.91 Å². The molecule has 2 amide bonds. The third-order valence-electron chi connectivity index (χ3n) is 3.52. The van der Waals surface area contributed by atoms with Crippen molar-refractivity contribution in [2.24, 2.45) is 13.0 Å². The predicted octanol–water partition coefficient (Wildman–Crippen LogP) is 2.13. The lowest BCUT2D eigenvalue weighted by Gasteiger charge is -2.12. The zero-order valence-corrected chi connectivity index (χ0v) is 17.8. The SMILES string of the molecule is CC(C)CNC(=O)COC(=O)c1ccc(Cl)cc1NC(=O)CSc1nncn1C. The molecule has 2 rings (SSSR count). The first-order valence-corrected chi connectivity index (χ1v) is 10.1. The molecule has 0 fully saturated rings. The predicted molar refractivity (Wildman–Crippen MR) is 110 cm³/mol. The van der Waals surface area contributed by atoms with E-state index in [4.69, 9.17) is 16.3 Å². The van der Waals surface area contributed by atoms with Crippen LogP contribution in [-0.4, -0.2) is 51.5 Å². The summed E-state index contributed by atoms with van der Waals surface area (Å²) in [5, 5.41) is 13.8. The molecule has 0 aliphatic rings. The minimum Gasteiger partial charge on any atom is -0.452 e. The van der Waals surface area contributed by atoms with Crippen LogP contribution in [0, 0.1) is 5.92 Å². The molecule has 1 aromatic carbocycles. The Labute approximate surface area is 177 Å². The normalized spacial score (nSPS) is 10.7. The maximum atomic E-state index is 12.4. The van der Waals surface area contributed by atoms with Gasteiger partial charge in [-0.1, -0.05) is 37.2 Å². The van der Waals surface area contributed by atoms with E-state index in [0.717, 1.165) is 0 Å². The molecule has 0 aliphatic carbocycles. The number of esters is 1. The van der Waals surface area contributed by atoms with Gasteiger partial charge in [-0.3, -0.25) is 9.59 Å². The number of hydrogen-bond donors (Lipinski definition) is 2. The van der Waals surface area contributed by atoms with Crippen molar-refractivity contribution in [1.29, 1.82) is 0 Å². The van der Waals surface area contributed by atoms with E-state index in [1.54, 1.807) is 11.6 Å². The number of aromatic nitrogens is 3. The molecule has 2 N–H and O–H groups in total. The maximum absolute atomic E-state index is 12.4. The first-order chi connectivity index (χ1) is 13.8. The van der Waals surface area contributed by atoms with Crippen molar-refractivity contribution < 1.29 is 19.1 Å². The average molecular weight is 440 g/mol. The second-order valence-corrected chi connectivity index (χ2v) is 7.90. The average Bonchev–Trinajstić information content (AvgIpc) is 3.07. The largest absolute Gasteiger partial charge is 0.452 e. The van der Waals surface area contributed by atoms with Crippen molar-refractivity contribution in [2.45, 2.75) is 19.0 Å². The number of hydrogen-bond acceptors (Lipinski definition) is 7. The summed E-state index contributed by atoms with van der Waals surface area (Å²) in [6, 6.07) is 4.38. The van der Waals surface area contributed by atoms with Crippen LogP contribution in [-0.2, 0) is 21.4 Å². The maximum Gasteiger partial charge on any atom is 0.340 e. The Hall–Kier alpha value is -2.59. The van der Waals surface area contributed by atoms with Crippen molar-refractivity contribution >= 4 is 46.8 Å². The molecule has 0 unspecified atom stereocenters. The first-order valence-electron chi connectivity index (χ1n) is 8.76. The van der Waals surface area contributed by atoms with Gasteiger partial charge >= 0.3 is 5.97 Å². The number of thioether (sulfide) groups is 1. The van der Waals surface area contributed by atoms with Crippen LogP contribution in [0.2, 0.25) is 5.02 Å². The molecule has 0 spiro atoms. The summed E-state index contributed by atoms with van der Waals surface area (Å²) in [7, 11) is 1.77. The number of nitrogens with one attached hydrogen (secondary N) is 2. The fraction of sp³-hybridized carbons (Fsp3) is 0.389. The standard InChI is InChI=1S/C18H22ClN5O4S/c1-11(2)7-20-15(25)8-28-17(27)13-5-4-12(19)6-14(13)22-16(26)9-29-18-23-21-10-24(18)3/h4-6,10-11H,7-9H2,1-3H3,(H,20,25)(H,22,26). The van der Waals surface area contributed by atoms with E-state index in [0.29, 0.717) is 16.7 Å². The third-order valence-corrected chi connectivity index (χ3v) is 4.79. The van der Waals surface area contributed by atoms with E-state index in [1.165, 1.54) is 36.3 Å². The topological polar surface area (TPSA) is 115 Å². The minimum atomic E-state index is -0.738. The van der Waals surface area contributed by atoms with E-state index in [9.17, 15) is 14.4 Å². The molecule has 0 saturated heterocycles. The summed E-state index contributed by atoms with van der Waals surface area (Å²) in [6.07, 6.45) is 1.53. The smallest absolute Gasteiger partial charge is 0.340 e. The van der Waals surface area contributed by atoms with Gasteiger partial charge in [0.1, 0.15) is 6.33 Å². The number of amides is 2. The molecule has 0 atom stereocenters. The van der Waals surface area contributed by atoms with Crippen LogP contribution in [0.3, 0.4) is 0 Å². The molecule has 29 heavy (non-hydrogen) atoms. The van der Waals surface area contributed by atoms with Crippen LogP contribution in [0.15, 0.2) is 29.7 Å². The van der Waals surface area contributed by atoms with Gasteiger partial charge < -0.3 is 19.9 Å². The lowest BCUT2D eigenvalue weighted by atomic mass is 10.2. The number of anilines is 1. The van der Waals surface area contributed by atoms with Gasteiger partial charge in [0, 0.05) is 18.6 Å². The van der Waals surface area contributed by atoms with Crippen LogP contribution in [0.5, 0.6) is 0 Å². The molecule has 0 bridgehead atoms. The van der Waals surface area contributed by atoms with Gasteiger partial charge in [-0.2, -0.15) is 0 Å². The van der Waals surface area contributed by atoms with Crippen molar-refractivity contribution in [3.8, 4) is 0 Å². The van der Waals surface area contributed by atoms with Gasteiger partial charge in [0.2, 0.25) is 5.91 Å². The van der Waals surface area contributed by atoms with Gasteiger partial charge in [0.05, 0.1) is 17.0 Å². The Balaban J connectivity index is 1.97. The number of halogens is 1. The molecular weight excluding hydrogens is 418 g/mol. The summed E-state index contributed by atoms with van der Waals surface area (Å²) in [6.45, 7) is 3.99. The van der Waals surface area contributed by atoms with Gasteiger partial charge in [-0.05, 0) is 24.1 Å². The molecule has 1 aromatic heterocycles. The number of ether oxygens (including phenoxy) is 1. The Morgan fingerprint density at radius 1 is 1.28 bits per heavy atom. The third kappa shape index (κ3) is 7.39. The van der Waals surface area contributed by atoms with E-state index in [2.05, 4.69) is 20.8 Å². The van der Waals surface area contributed by atoms with E-state index < -0.39 is 18.5 Å². The van der Waals surface area contributed by atoms with E-state index in [1.807, 2.05) is 13.8 Å². The summed E-state index contributed by atoms with van der Waals surface area (Å²) in [5.74, 6) is -1.15. The molecule has 156 valence electrons. The number of carbonyl (C=O) groups is 3. The van der Waals surface area contributed by atoms with Crippen molar-refractivity contribution in [1.82, 2.24) is 20.1 Å². The molecule has 0 saturated carbocycles. The zero-order valence-electron chi connectivity index (χ0n) is 16.3. The monoisotopic (exact) mass is 439 g/mol. The molecule has 9 nitrogen and oxygen atoms in total. The second kappa shape index (κ2) is 10.8. The summed E-state index contributed by atoms with van der Waals surface area (Å²) >= 11 is 7.18. The lowest BCUT2D eigenvalue weighted by Crippen LogP contribution is -2.31. The quantitative estimate of drug-likeness (QED) is 0.454. The molecule has 11 heteroatoms. The van der Waals surface area contributed by atoms with E-state index in [-0.39, 0.29) is 28.8 Å². The number of nitrogens with zero attached hydrogens (tertiary/aromatic N) is 3. The zero-order chi connectivity index (χ0) is 21.4. The Morgan fingerprint density at radius 2 is 2.03 bits per heavy atom. The summed E-state index contributed by atoms with van der Waals surface area (Å²) < 4.78 is 6.73. The van der Waals surface area contributed by atoms with E-state index >= 15 is 0 Å². The highest BCUT2D eigenvalue weighted by Crippen LogP contribution is 2.23. The highest BCUT2D eigenvalue weighted by Gasteiger charge is 2.17.